The van der Waals surface area contributed by atoms with Crippen molar-refractivity contribution in [1.29, 1.82) is 0 Å². The van der Waals surface area contributed by atoms with E-state index < -0.39 is 11.9 Å². The number of carbonyl (C=O) groups excluding carboxylic acids is 1. The molecule has 0 saturated carbocycles. The third-order valence-electron chi connectivity index (χ3n) is 4.18. The Hall–Kier alpha value is -2.28. The monoisotopic (exact) mass is 269 g/mol. The quantitative estimate of drug-likeness (QED) is 0.786. The number of aliphatic carboxylic acids is 1. The maximum atomic E-state index is 12.2. The predicted molar refractivity (Wildman–Crippen MR) is 72.7 cm³/mol. The van der Waals surface area contributed by atoms with Crippen LogP contribution < -0.4 is 0 Å². The molecule has 2 fully saturated rings. The van der Waals surface area contributed by atoms with Crippen molar-refractivity contribution in [2.24, 2.45) is 5.92 Å². The van der Waals surface area contributed by atoms with Crippen LogP contribution in [0.1, 0.15) is 24.8 Å². The van der Waals surface area contributed by atoms with Gasteiger partial charge in [0.1, 0.15) is 0 Å². The lowest BCUT2D eigenvalue weighted by Gasteiger charge is -2.20. The maximum absolute atomic E-state index is 12.2. The molecule has 1 aromatic carbocycles. The Morgan fingerprint density at radius 3 is 2.60 bits per heavy atom. The summed E-state index contributed by atoms with van der Waals surface area (Å²) in [5.74, 6) is 4.03. The zero-order valence-electron chi connectivity index (χ0n) is 11.0. The van der Waals surface area contributed by atoms with Gasteiger partial charge in [0.15, 0.2) is 0 Å². The van der Waals surface area contributed by atoms with Crippen LogP contribution in [-0.4, -0.2) is 34.0 Å². The first-order valence-electron chi connectivity index (χ1n) is 6.79. The van der Waals surface area contributed by atoms with Crippen LogP contribution in [0.2, 0.25) is 0 Å². The Bertz CT molecular complexity index is 599. The first-order chi connectivity index (χ1) is 9.66. The third-order valence-corrected chi connectivity index (χ3v) is 4.18. The molecule has 0 radical (unpaired) electrons. The highest BCUT2D eigenvalue weighted by Gasteiger charge is 2.50. The van der Waals surface area contributed by atoms with Crippen LogP contribution >= 0.6 is 0 Å². The van der Waals surface area contributed by atoms with Crippen LogP contribution in [0.4, 0.5) is 0 Å². The van der Waals surface area contributed by atoms with Gasteiger partial charge in [0.05, 0.1) is 5.92 Å². The number of amides is 1. The Morgan fingerprint density at radius 2 is 1.95 bits per heavy atom. The van der Waals surface area contributed by atoms with E-state index in [1.165, 1.54) is 0 Å². The minimum Gasteiger partial charge on any atom is -0.481 e. The maximum Gasteiger partial charge on any atom is 0.308 e. The van der Waals surface area contributed by atoms with E-state index in [4.69, 9.17) is 5.11 Å². The molecule has 0 aliphatic carbocycles. The molecule has 3 unspecified atom stereocenters. The first kappa shape index (κ1) is 12.7. The molecule has 1 N–H and O–H groups in total. The van der Waals surface area contributed by atoms with Gasteiger partial charge in [0.25, 0.3) is 5.91 Å². The number of carboxylic acids is 1. The molecule has 2 heterocycles. The van der Waals surface area contributed by atoms with E-state index >= 15 is 0 Å². The lowest BCUT2D eigenvalue weighted by Crippen LogP contribution is -2.37. The number of hydrogen-bond donors (Lipinski definition) is 1. The van der Waals surface area contributed by atoms with Crippen LogP contribution in [0.5, 0.6) is 0 Å². The fourth-order valence-electron chi connectivity index (χ4n) is 3.28. The fourth-order valence-corrected chi connectivity index (χ4v) is 3.28. The highest BCUT2D eigenvalue weighted by Crippen LogP contribution is 2.41. The highest BCUT2D eigenvalue weighted by molar-refractivity contribution is 5.95. The SMILES string of the molecule is O=C(O)C1CC2CCC1N2C(=O)C#Cc1ccccc1. The third kappa shape index (κ3) is 2.16. The van der Waals surface area contributed by atoms with Crippen LogP contribution in [0, 0.1) is 17.8 Å². The average Bonchev–Trinajstić information content (AvgIpc) is 3.03. The van der Waals surface area contributed by atoms with Crippen molar-refractivity contribution in [2.75, 3.05) is 0 Å². The smallest absolute Gasteiger partial charge is 0.308 e. The molecule has 2 saturated heterocycles. The number of nitrogens with zero attached hydrogens (tertiary/aromatic N) is 1. The van der Waals surface area contributed by atoms with E-state index in [2.05, 4.69) is 11.8 Å². The van der Waals surface area contributed by atoms with Crippen LogP contribution in [0.25, 0.3) is 0 Å². The molecule has 102 valence electrons. The second kappa shape index (κ2) is 5.01. The topological polar surface area (TPSA) is 57.6 Å². The number of carbonyl (C=O) groups is 2. The summed E-state index contributed by atoms with van der Waals surface area (Å²) in [6, 6.07) is 9.21. The van der Waals surface area contributed by atoms with Crippen molar-refractivity contribution in [1.82, 2.24) is 4.90 Å². The zero-order valence-corrected chi connectivity index (χ0v) is 11.0. The molecule has 20 heavy (non-hydrogen) atoms. The van der Waals surface area contributed by atoms with Gasteiger partial charge in [-0.3, -0.25) is 9.59 Å². The molecular weight excluding hydrogens is 254 g/mol. The Morgan fingerprint density at radius 1 is 1.20 bits per heavy atom. The van der Waals surface area contributed by atoms with Gasteiger partial charge in [-0.05, 0) is 31.4 Å². The lowest BCUT2D eigenvalue weighted by atomic mass is 9.89. The van der Waals surface area contributed by atoms with Gasteiger partial charge in [-0.15, -0.1) is 0 Å². The molecule has 1 aromatic rings. The summed E-state index contributed by atoms with van der Waals surface area (Å²) in [6.45, 7) is 0. The van der Waals surface area contributed by atoms with Crippen molar-refractivity contribution < 1.29 is 14.7 Å². The summed E-state index contributed by atoms with van der Waals surface area (Å²) in [4.78, 5) is 25.1. The normalized spacial score (nSPS) is 27.0. The van der Waals surface area contributed by atoms with Crippen LogP contribution in [0.15, 0.2) is 30.3 Å². The molecular formula is C16H15NO3. The standard InChI is InChI=1S/C16H15NO3/c18-15(9-6-11-4-2-1-3-5-11)17-12-7-8-14(17)13(10-12)16(19)20/h1-5,12-14H,7-8,10H2,(H,19,20). The Balaban J connectivity index is 1.76. The van der Waals surface area contributed by atoms with E-state index in [0.717, 1.165) is 18.4 Å². The van der Waals surface area contributed by atoms with Gasteiger partial charge < -0.3 is 10.0 Å². The van der Waals surface area contributed by atoms with Gasteiger partial charge in [-0.25, -0.2) is 0 Å². The molecule has 2 aliphatic rings. The minimum absolute atomic E-state index is 0.0543. The second-order valence-electron chi connectivity index (χ2n) is 5.31. The summed E-state index contributed by atoms with van der Waals surface area (Å²) in [5.41, 5.74) is 0.794. The van der Waals surface area contributed by atoms with Gasteiger partial charge in [0, 0.05) is 23.6 Å². The molecule has 0 spiro atoms. The minimum atomic E-state index is -0.800. The Kier molecular flexibility index (Phi) is 3.19. The fraction of sp³-hybridized carbons (Fsp3) is 0.375. The summed E-state index contributed by atoms with van der Waals surface area (Å²) < 4.78 is 0. The highest BCUT2D eigenvalue weighted by atomic mass is 16.4. The zero-order chi connectivity index (χ0) is 14.1. The van der Waals surface area contributed by atoms with Crippen LogP contribution in [-0.2, 0) is 9.59 Å². The van der Waals surface area contributed by atoms with Gasteiger partial charge in [-0.2, -0.15) is 0 Å². The van der Waals surface area contributed by atoms with E-state index in [0.29, 0.717) is 6.42 Å². The summed E-state index contributed by atoms with van der Waals surface area (Å²) in [6.07, 6.45) is 2.24. The molecule has 1 amide bonds. The largest absolute Gasteiger partial charge is 0.481 e. The van der Waals surface area contributed by atoms with Gasteiger partial charge in [0.2, 0.25) is 0 Å². The van der Waals surface area contributed by atoms with Crippen molar-refractivity contribution >= 4 is 11.9 Å². The van der Waals surface area contributed by atoms with Crippen molar-refractivity contribution in [2.45, 2.75) is 31.3 Å². The number of hydrogen-bond acceptors (Lipinski definition) is 2. The van der Waals surface area contributed by atoms with Crippen molar-refractivity contribution in [3.05, 3.63) is 35.9 Å². The van der Waals surface area contributed by atoms with Crippen molar-refractivity contribution in [3.63, 3.8) is 0 Å². The van der Waals surface area contributed by atoms with Crippen LogP contribution in [0.3, 0.4) is 0 Å². The molecule has 4 heteroatoms. The summed E-state index contributed by atoms with van der Waals surface area (Å²) in [5, 5.41) is 9.17. The molecule has 3 rings (SSSR count). The molecule has 0 aromatic heterocycles. The van der Waals surface area contributed by atoms with Gasteiger partial charge >= 0.3 is 5.97 Å². The molecule has 2 bridgehead atoms. The second-order valence-corrected chi connectivity index (χ2v) is 5.31. The van der Waals surface area contributed by atoms with E-state index in [1.807, 2.05) is 30.3 Å². The number of benzene rings is 1. The van der Waals surface area contributed by atoms with E-state index in [9.17, 15) is 9.59 Å². The molecule has 4 nitrogen and oxygen atoms in total. The molecule has 3 atom stereocenters. The van der Waals surface area contributed by atoms with E-state index in [-0.39, 0.29) is 18.0 Å². The predicted octanol–water partition coefficient (Wildman–Crippen LogP) is 1.50. The first-order valence-corrected chi connectivity index (χ1v) is 6.79. The number of rotatable bonds is 1. The average molecular weight is 269 g/mol. The van der Waals surface area contributed by atoms with Gasteiger partial charge in [-0.1, -0.05) is 24.1 Å². The Labute approximate surface area is 117 Å². The number of fused-ring (bicyclic) bond motifs is 2. The number of carboxylic acid groups (broad SMARTS) is 1. The summed E-state index contributed by atoms with van der Waals surface area (Å²) >= 11 is 0. The lowest BCUT2D eigenvalue weighted by molar-refractivity contribution is -0.142. The molecule has 2 aliphatic heterocycles. The summed E-state index contributed by atoms with van der Waals surface area (Å²) in [7, 11) is 0. The van der Waals surface area contributed by atoms with Crippen molar-refractivity contribution in [3.8, 4) is 11.8 Å². The van der Waals surface area contributed by atoms with E-state index in [1.54, 1.807) is 4.90 Å².